The van der Waals surface area contributed by atoms with Gasteiger partial charge in [-0.2, -0.15) is 8.78 Å². The summed E-state index contributed by atoms with van der Waals surface area (Å²) in [5, 5.41) is 13.8. The van der Waals surface area contributed by atoms with Gasteiger partial charge in [0.05, 0.1) is 23.7 Å². The van der Waals surface area contributed by atoms with E-state index in [2.05, 4.69) is 40.2 Å². The summed E-state index contributed by atoms with van der Waals surface area (Å²) in [5.41, 5.74) is 1.37. The fraction of sp³-hybridized carbons (Fsp3) is 0.381. The van der Waals surface area contributed by atoms with E-state index >= 15 is 0 Å². The van der Waals surface area contributed by atoms with E-state index < -0.39 is 18.6 Å². The van der Waals surface area contributed by atoms with E-state index in [-0.39, 0.29) is 30.3 Å². The first-order chi connectivity index (χ1) is 16.9. The molecule has 14 heteroatoms. The van der Waals surface area contributed by atoms with E-state index in [9.17, 15) is 18.4 Å². The fourth-order valence-corrected chi connectivity index (χ4v) is 5.41. The zero-order valence-corrected chi connectivity index (χ0v) is 19.2. The number of nitrogens with zero attached hydrogens (tertiary/aromatic N) is 4. The Hall–Kier alpha value is -3.81. The summed E-state index contributed by atoms with van der Waals surface area (Å²) in [6.45, 7) is -3.18. The monoisotopic (exact) mass is 506 g/mol. The third-order valence-corrected chi connectivity index (χ3v) is 6.86. The molecule has 11 nitrogen and oxygen atoms in total. The largest absolute Gasteiger partial charge is 0.468 e. The highest BCUT2D eigenvalue weighted by Crippen LogP contribution is 2.48. The van der Waals surface area contributed by atoms with Gasteiger partial charge < -0.3 is 24.1 Å². The maximum Gasteiger partial charge on any atom is 0.387 e. The van der Waals surface area contributed by atoms with Gasteiger partial charge in [0.15, 0.2) is 5.13 Å². The van der Waals surface area contributed by atoms with Crippen molar-refractivity contribution in [2.45, 2.75) is 38.0 Å². The van der Waals surface area contributed by atoms with Crippen molar-refractivity contribution in [1.29, 1.82) is 0 Å². The highest BCUT2D eigenvalue weighted by atomic mass is 32.1. The van der Waals surface area contributed by atoms with Gasteiger partial charge >= 0.3 is 24.6 Å². The summed E-state index contributed by atoms with van der Waals surface area (Å²) in [7, 11) is 1.24. The molecule has 2 amide bonds. The van der Waals surface area contributed by atoms with E-state index in [1.807, 2.05) is 0 Å². The van der Waals surface area contributed by atoms with Crippen LogP contribution < -0.4 is 20.3 Å². The maximum atomic E-state index is 12.5. The van der Waals surface area contributed by atoms with Gasteiger partial charge in [-0.3, -0.25) is 10.1 Å². The molecule has 2 unspecified atom stereocenters. The molecule has 3 aromatic rings. The van der Waals surface area contributed by atoms with Crippen LogP contribution in [0.4, 0.5) is 24.7 Å². The number of rotatable bonds is 7. The number of amides is 2. The summed E-state index contributed by atoms with van der Waals surface area (Å²) in [5.74, 6) is -0.363. The van der Waals surface area contributed by atoms with E-state index in [1.165, 1.54) is 30.6 Å². The van der Waals surface area contributed by atoms with Crippen LogP contribution in [0.3, 0.4) is 0 Å². The standard InChI is InChI=1S/C21H20F2N6O5S/c1-32-15(30)9-24-19(31)26-20-25-13-8-11-5-6-14(16(13)35-20)29(11)21-28-27-17(34-21)10-3-2-4-12(7-10)33-18(22)23/h2-4,7,11,14,18H,5-6,8-9H2,1H3,(H2,24,25,26,31). The second kappa shape index (κ2) is 9.44. The lowest BCUT2D eigenvalue weighted by molar-refractivity contribution is -0.139. The molecule has 2 aromatic heterocycles. The first-order valence-electron chi connectivity index (χ1n) is 10.7. The smallest absolute Gasteiger partial charge is 0.387 e. The van der Waals surface area contributed by atoms with Gasteiger partial charge in [-0.15, -0.1) is 5.10 Å². The molecule has 0 saturated carbocycles. The molecule has 0 radical (unpaired) electrons. The molecule has 2 N–H and O–H groups in total. The lowest BCUT2D eigenvalue weighted by Gasteiger charge is -2.32. The first kappa shape index (κ1) is 23.0. The van der Waals surface area contributed by atoms with Crippen molar-refractivity contribution in [3.63, 3.8) is 0 Å². The zero-order valence-electron chi connectivity index (χ0n) is 18.4. The number of anilines is 2. The SMILES string of the molecule is COC(=O)CNC(=O)Nc1nc2c(s1)C1CCC(C2)N1c1nnc(-c2cccc(OC(F)F)c2)o1. The number of hydrogen-bond donors (Lipinski definition) is 2. The minimum Gasteiger partial charge on any atom is -0.468 e. The number of alkyl halides is 2. The number of carbonyl (C=O) groups is 2. The Bertz CT molecular complexity index is 1250. The number of benzene rings is 1. The van der Waals surface area contributed by atoms with Gasteiger partial charge in [-0.1, -0.05) is 22.5 Å². The maximum absolute atomic E-state index is 12.5. The number of ether oxygens (including phenoxy) is 2. The van der Waals surface area contributed by atoms with Crippen molar-refractivity contribution in [2.24, 2.45) is 0 Å². The number of methoxy groups -OCH3 is 1. The number of carbonyl (C=O) groups excluding carboxylic acids is 2. The van der Waals surface area contributed by atoms with E-state index in [0.29, 0.717) is 23.1 Å². The predicted octanol–water partition coefficient (Wildman–Crippen LogP) is 3.36. The molecule has 0 spiro atoms. The van der Waals surface area contributed by atoms with Gasteiger partial charge in [-0.25, -0.2) is 9.78 Å². The molecule has 2 aliphatic rings. The van der Waals surface area contributed by atoms with Crippen LogP contribution in [0.5, 0.6) is 5.75 Å². The highest BCUT2D eigenvalue weighted by molar-refractivity contribution is 7.16. The molecule has 1 aromatic carbocycles. The van der Waals surface area contributed by atoms with Crippen LogP contribution in [-0.4, -0.2) is 53.5 Å². The Balaban J connectivity index is 1.32. The molecule has 184 valence electrons. The summed E-state index contributed by atoms with van der Waals surface area (Å²) >= 11 is 1.35. The Labute approximate surface area is 201 Å². The third-order valence-electron chi connectivity index (χ3n) is 5.74. The van der Waals surface area contributed by atoms with Gasteiger partial charge in [0.2, 0.25) is 5.89 Å². The average Bonchev–Trinajstić information content (AvgIpc) is 3.54. The second-order valence-corrected chi connectivity index (χ2v) is 8.90. The van der Waals surface area contributed by atoms with Crippen LogP contribution in [0.1, 0.15) is 29.5 Å². The number of aromatic nitrogens is 3. The molecule has 0 aliphatic carbocycles. The highest BCUT2D eigenvalue weighted by Gasteiger charge is 2.44. The van der Waals surface area contributed by atoms with Crippen LogP contribution in [0.15, 0.2) is 28.7 Å². The van der Waals surface area contributed by atoms with Crippen LogP contribution in [0, 0.1) is 0 Å². The summed E-state index contributed by atoms with van der Waals surface area (Å²) in [6.07, 6.45) is 2.40. The normalized spacial score (nSPS) is 18.3. The van der Waals surface area contributed by atoms with Crippen molar-refractivity contribution in [1.82, 2.24) is 20.5 Å². The predicted molar refractivity (Wildman–Crippen MR) is 119 cm³/mol. The lowest BCUT2D eigenvalue weighted by Crippen LogP contribution is -2.37. The Morgan fingerprint density at radius 2 is 2.17 bits per heavy atom. The number of esters is 1. The van der Waals surface area contributed by atoms with Crippen molar-refractivity contribution in [2.75, 3.05) is 23.9 Å². The van der Waals surface area contributed by atoms with Crippen LogP contribution in [-0.2, 0) is 16.0 Å². The quantitative estimate of drug-likeness (QED) is 0.463. The first-order valence-corrected chi connectivity index (χ1v) is 11.5. The molecular formula is C21H20F2N6O5S. The molecule has 1 saturated heterocycles. The zero-order chi connectivity index (χ0) is 24.5. The fourth-order valence-electron chi connectivity index (χ4n) is 4.28. The molecule has 2 atom stereocenters. The van der Waals surface area contributed by atoms with Crippen LogP contribution >= 0.6 is 11.3 Å². The number of hydrogen-bond acceptors (Lipinski definition) is 10. The molecule has 1 fully saturated rings. The van der Waals surface area contributed by atoms with Crippen molar-refractivity contribution < 1.29 is 32.3 Å². The molecule has 5 rings (SSSR count). The molecular weight excluding hydrogens is 486 g/mol. The van der Waals surface area contributed by atoms with E-state index in [1.54, 1.807) is 12.1 Å². The average molecular weight is 506 g/mol. The van der Waals surface area contributed by atoms with Crippen molar-refractivity contribution in [3.8, 4) is 17.2 Å². The lowest BCUT2D eigenvalue weighted by atomic mass is 10.1. The van der Waals surface area contributed by atoms with Gasteiger partial charge in [0.1, 0.15) is 12.3 Å². The summed E-state index contributed by atoms with van der Waals surface area (Å²) in [6, 6.07) is 5.91. The van der Waals surface area contributed by atoms with Crippen LogP contribution in [0.2, 0.25) is 0 Å². The minimum atomic E-state index is -2.93. The summed E-state index contributed by atoms with van der Waals surface area (Å²) < 4.78 is 40.0. The number of thiazole rings is 1. The Morgan fingerprint density at radius 3 is 2.97 bits per heavy atom. The van der Waals surface area contributed by atoms with Crippen molar-refractivity contribution >= 4 is 34.5 Å². The van der Waals surface area contributed by atoms with E-state index in [0.717, 1.165) is 23.4 Å². The molecule has 2 bridgehead atoms. The third kappa shape index (κ3) is 4.73. The number of fused-ring (bicyclic) bond motifs is 4. The number of nitrogens with one attached hydrogen (secondary N) is 2. The van der Waals surface area contributed by atoms with Gasteiger partial charge in [0, 0.05) is 18.0 Å². The second-order valence-electron chi connectivity index (χ2n) is 7.87. The topological polar surface area (TPSA) is 132 Å². The molecule has 4 heterocycles. The summed E-state index contributed by atoms with van der Waals surface area (Å²) in [4.78, 5) is 30.9. The number of urea groups is 1. The molecule has 35 heavy (non-hydrogen) atoms. The van der Waals surface area contributed by atoms with Crippen molar-refractivity contribution in [3.05, 3.63) is 34.8 Å². The molecule has 2 aliphatic heterocycles. The van der Waals surface area contributed by atoms with Crippen LogP contribution in [0.25, 0.3) is 11.5 Å². The van der Waals surface area contributed by atoms with Gasteiger partial charge in [-0.05, 0) is 31.0 Å². The van der Waals surface area contributed by atoms with E-state index in [4.69, 9.17) is 4.42 Å². The minimum absolute atomic E-state index is 0.000228. The number of halogens is 2. The van der Waals surface area contributed by atoms with Gasteiger partial charge in [0.25, 0.3) is 0 Å². The Kier molecular flexibility index (Phi) is 6.19. The Morgan fingerprint density at radius 1 is 1.31 bits per heavy atom.